The van der Waals surface area contributed by atoms with Crippen LogP contribution in [0.25, 0.3) is 0 Å². The van der Waals surface area contributed by atoms with Crippen molar-refractivity contribution in [1.29, 1.82) is 0 Å². The van der Waals surface area contributed by atoms with Gasteiger partial charge in [-0.3, -0.25) is 13.8 Å². The van der Waals surface area contributed by atoms with Crippen LogP contribution in [0.15, 0.2) is 48.6 Å². The smallest absolute Gasteiger partial charge is 0.387 e. The van der Waals surface area contributed by atoms with E-state index in [4.69, 9.17) is 9.05 Å². The zero-order valence-electron chi connectivity index (χ0n) is 32.9. The van der Waals surface area contributed by atoms with Crippen molar-refractivity contribution < 1.29 is 32.9 Å². The summed E-state index contributed by atoms with van der Waals surface area (Å²) in [4.78, 5) is 23.0. The van der Waals surface area contributed by atoms with Crippen molar-refractivity contribution >= 4 is 13.7 Å². The van der Waals surface area contributed by atoms with E-state index in [1.54, 1.807) is 6.08 Å². The Labute approximate surface area is 308 Å². The highest BCUT2D eigenvalue weighted by molar-refractivity contribution is 7.47. The van der Waals surface area contributed by atoms with E-state index >= 15 is 0 Å². The van der Waals surface area contributed by atoms with E-state index in [0.29, 0.717) is 17.4 Å². The first-order valence-electron chi connectivity index (χ1n) is 20.0. The lowest BCUT2D eigenvalue weighted by molar-refractivity contribution is -0.870. The van der Waals surface area contributed by atoms with E-state index in [9.17, 15) is 19.4 Å². The molecule has 0 aromatic rings. The fraction of sp³-hybridized carbons (Fsp3) is 0.780. The molecule has 0 bridgehead atoms. The fourth-order valence-electron chi connectivity index (χ4n) is 5.37. The van der Waals surface area contributed by atoms with E-state index in [2.05, 4.69) is 42.6 Å². The third kappa shape index (κ3) is 34.9. The zero-order chi connectivity index (χ0) is 37.2. The van der Waals surface area contributed by atoms with Crippen molar-refractivity contribution in [2.24, 2.45) is 0 Å². The molecule has 1 amide bonds. The molecule has 0 aliphatic heterocycles. The zero-order valence-corrected chi connectivity index (χ0v) is 33.8. The number of carbonyl (C=O) groups excluding carboxylic acids is 1. The Balaban J connectivity index is 4.39. The predicted molar refractivity (Wildman–Crippen MR) is 212 cm³/mol. The molecule has 9 heteroatoms. The van der Waals surface area contributed by atoms with E-state index in [1.807, 2.05) is 40.2 Å². The molecule has 0 aromatic carbocycles. The van der Waals surface area contributed by atoms with Gasteiger partial charge in [-0.1, -0.05) is 133 Å². The molecule has 0 radical (unpaired) electrons. The highest BCUT2D eigenvalue weighted by atomic mass is 31.2. The number of likely N-dealkylation sites (N-methyl/N-ethyl adjacent to an activating group) is 1. The number of hydrogen-bond acceptors (Lipinski definition) is 5. The first kappa shape index (κ1) is 48.5. The molecule has 3 unspecified atom stereocenters. The monoisotopic (exact) mass is 726 g/mol. The molecule has 50 heavy (non-hydrogen) atoms. The maximum atomic E-state index is 12.8. The van der Waals surface area contributed by atoms with Gasteiger partial charge >= 0.3 is 7.82 Å². The van der Waals surface area contributed by atoms with Crippen molar-refractivity contribution in [3.63, 3.8) is 0 Å². The van der Waals surface area contributed by atoms with Gasteiger partial charge < -0.3 is 19.8 Å². The maximum absolute atomic E-state index is 12.8. The first-order chi connectivity index (χ1) is 24.0. The summed E-state index contributed by atoms with van der Waals surface area (Å²) in [6.45, 7) is 4.52. The van der Waals surface area contributed by atoms with Crippen LogP contribution in [0.2, 0.25) is 0 Å². The Morgan fingerprint density at radius 1 is 0.700 bits per heavy atom. The molecule has 0 saturated carbocycles. The highest BCUT2D eigenvalue weighted by Gasteiger charge is 2.27. The average Bonchev–Trinajstić information content (AvgIpc) is 3.06. The summed E-state index contributed by atoms with van der Waals surface area (Å²) in [6.07, 6.45) is 40.6. The highest BCUT2D eigenvalue weighted by Crippen LogP contribution is 2.43. The molecule has 292 valence electrons. The summed E-state index contributed by atoms with van der Waals surface area (Å²) in [7, 11) is 1.53. The molecule has 0 aliphatic rings. The summed E-state index contributed by atoms with van der Waals surface area (Å²) >= 11 is 0. The van der Waals surface area contributed by atoms with Gasteiger partial charge in [0.15, 0.2) is 0 Å². The lowest BCUT2D eigenvalue weighted by Crippen LogP contribution is -2.45. The number of quaternary nitrogens is 1. The minimum Gasteiger partial charge on any atom is -0.387 e. The Kier molecular flexibility index (Phi) is 32.3. The van der Waals surface area contributed by atoms with E-state index in [1.165, 1.54) is 89.9 Å². The van der Waals surface area contributed by atoms with E-state index in [-0.39, 0.29) is 19.1 Å². The molecule has 0 aliphatic carbocycles. The summed E-state index contributed by atoms with van der Waals surface area (Å²) < 4.78 is 23.4. The van der Waals surface area contributed by atoms with Crippen molar-refractivity contribution in [2.45, 2.75) is 167 Å². The number of nitrogens with one attached hydrogen (secondary N) is 1. The van der Waals surface area contributed by atoms with Crippen molar-refractivity contribution in [3.8, 4) is 0 Å². The molecule has 0 aromatic heterocycles. The minimum atomic E-state index is -4.34. The molecule has 0 rings (SSSR count). The topological polar surface area (TPSA) is 105 Å². The second-order valence-electron chi connectivity index (χ2n) is 14.6. The number of rotatable bonds is 35. The van der Waals surface area contributed by atoms with Crippen LogP contribution in [0.3, 0.4) is 0 Å². The van der Waals surface area contributed by atoms with Crippen molar-refractivity contribution in [2.75, 3.05) is 40.9 Å². The number of amides is 1. The van der Waals surface area contributed by atoms with Crippen LogP contribution in [-0.2, 0) is 18.4 Å². The summed E-state index contributed by atoms with van der Waals surface area (Å²) in [5.41, 5.74) is 0. The number of hydrogen-bond donors (Lipinski definition) is 3. The van der Waals surface area contributed by atoms with Crippen LogP contribution < -0.4 is 5.32 Å². The summed E-state index contributed by atoms with van der Waals surface area (Å²) in [6, 6.07) is -0.869. The van der Waals surface area contributed by atoms with Gasteiger partial charge in [-0.2, -0.15) is 0 Å². The minimum absolute atomic E-state index is 0.0511. The lowest BCUT2D eigenvalue weighted by Gasteiger charge is -2.25. The number of phosphoric ester groups is 1. The van der Waals surface area contributed by atoms with E-state index < -0.39 is 20.0 Å². The third-order valence-electron chi connectivity index (χ3n) is 8.59. The van der Waals surface area contributed by atoms with Gasteiger partial charge in [0, 0.05) is 6.42 Å². The number of allylic oxidation sites excluding steroid dienone is 7. The number of aliphatic hydroxyl groups excluding tert-OH is 1. The normalized spacial score (nSPS) is 15.1. The quantitative estimate of drug-likeness (QED) is 0.0260. The molecule has 3 N–H and O–H groups in total. The second kappa shape index (κ2) is 33.3. The summed E-state index contributed by atoms with van der Waals surface area (Å²) in [5, 5.41) is 13.7. The van der Waals surface area contributed by atoms with Crippen LogP contribution in [0, 0.1) is 0 Å². The number of nitrogens with zero attached hydrogens (tertiary/aromatic N) is 1. The van der Waals surface area contributed by atoms with Crippen LogP contribution in [-0.4, -0.2) is 73.4 Å². The average molecular weight is 726 g/mol. The molecular formula is C41H78N2O6P+. The van der Waals surface area contributed by atoms with E-state index in [0.717, 1.165) is 44.9 Å². The largest absolute Gasteiger partial charge is 0.472 e. The Hall–Kier alpha value is -1.54. The van der Waals surface area contributed by atoms with Gasteiger partial charge in [0.2, 0.25) is 5.91 Å². The van der Waals surface area contributed by atoms with Gasteiger partial charge in [-0.05, 0) is 64.7 Å². The third-order valence-corrected chi connectivity index (χ3v) is 9.58. The number of unbranched alkanes of at least 4 members (excludes halogenated alkanes) is 17. The van der Waals surface area contributed by atoms with Gasteiger partial charge in [0.1, 0.15) is 13.2 Å². The number of carbonyl (C=O) groups is 1. The van der Waals surface area contributed by atoms with Crippen LogP contribution in [0.1, 0.15) is 155 Å². The molecule has 0 heterocycles. The Morgan fingerprint density at radius 3 is 1.72 bits per heavy atom. The fourth-order valence-corrected chi connectivity index (χ4v) is 6.10. The standard InChI is InChI=1S/C41H77N2O6P/c1-6-8-10-12-14-16-17-18-19-20-21-22-23-24-25-27-29-31-33-35-41(45)42-39(38-49-50(46,47)48-37-36-43(3,4)5)40(44)34-32-30-28-26-15-13-11-9-7-2/h7,9,15,20-21,26,32,34,39-40,44H,6,8,10-14,16-19,22-25,27-31,33,35-38H2,1-5H3,(H-,42,45,46,47)/p+1/b9-7+,21-20-,26-15+,34-32+. The van der Waals surface area contributed by atoms with Crippen molar-refractivity contribution in [1.82, 2.24) is 5.32 Å². The van der Waals surface area contributed by atoms with Gasteiger partial charge in [0.25, 0.3) is 0 Å². The lowest BCUT2D eigenvalue weighted by atomic mass is 10.1. The van der Waals surface area contributed by atoms with Crippen LogP contribution >= 0.6 is 7.82 Å². The molecule has 0 fully saturated rings. The number of phosphoric acid groups is 1. The molecular weight excluding hydrogens is 647 g/mol. The summed E-state index contributed by atoms with van der Waals surface area (Å²) in [5.74, 6) is -0.201. The molecule has 0 saturated heterocycles. The predicted octanol–water partition coefficient (Wildman–Crippen LogP) is 10.5. The molecule has 8 nitrogen and oxygen atoms in total. The molecule has 3 atom stereocenters. The maximum Gasteiger partial charge on any atom is 0.472 e. The van der Waals surface area contributed by atoms with Crippen molar-refractivity contribution in [3.05, 3.63) is 48.6 Å². The van der Waals surface area contributed by atoms with Crippen LogP contribution in [0.5, 0.6) is 0 Å². The molecule has 0 spiro atoms. The number of aliphatic hydroxyl groups is 1. The SMILES string of the molecule is C/C=C/CC/C=C/CC/C=C/C(O)C(COP(=O)(O)OCC[N+](C)(C)C)NC(=O)CCCCCCCCC/C=C\CCCCCCCCCC. The Bertz CT molecular complexity index is 959. The second-order valence-corrected chi connectivity index (χ2v) is 16.1. The van der Waals surface area contributed by atoms with Gasteiger partial charge in [-0.15, -0.1) is 0 Å². The van der Waals surface area contributed by atoms with Crippen LogP contribution in [0.4, 0.5) is 0 Å². The first-order valence-corrected chi connectivity index (χ1v) is 21.5. The van der Waals surface area contributed by atoms with Gasteiger partial charge in [0.05, 0.1) is 39.9 Å². The van der Waals surface area contributed by atoms with Gasteiger partial charge in [-0.25, -0.2) is 4.57 Å². The Morgan fingerprint density at radius 2 is 1.18 bits per heavy atom.